The molecule has 1 aliphatic rings. The molecule has 1 atom stereocenters. The summed E-state index contributed by atoms with van der Waals surface area (Å²) in [5, 5.41) is 10.2. The monoisotopic (exact) mass is 195 g/mol. The van der Waals surface area contributed by atoms with Crippen LogP contribution < -0.4 is 5.32 Å². The number of rotatable bonds is 4. The van der Waals surface area contributed by atoms with Gasteiger partial charge in [0.2, 0.25) is 0 Å². The summed E-state index contributed by atoms with van der Waals surface area (Å²) >= 11 is 0. The first-order chi connectivity index (χ1) is 6.79. The van der Waals surface area contributed by atoms with E-state index >= 15 is 0 Å². The molecule has 0 bridgehead atoms. The van der Waals surface area contributed by atoms with Crippen molar-refractivity contribution in [1.82, 2.24) is 15.5 Å². The van der Waals surface area contributed by atoms with Crippen molar-refractivity contribution in [2.75, 3.05) is 13.2 Å². The van der Waals surface area contributed by atoms with Crippen molar-refractivity contribution >= 4 is 0 Å². The van der Waals surface area contributed by atoms with Gasteiger partial charge < -0.3 is 10.1 Å². The van der Waals surface area contributed by atoms with Crippen LogP contribution >= 0.6 is 0 Å². The van der Waals surface area contributed by atoms with Crippen LogP contribution in [0.15, 0.2) is 12.3 Å². The van der Waals surface area contributed by atoms with E-state index in [0.717, 1.165) is 31.8 Å². The Hall–Kier alpha value is -0.870. The first-order valence-corrected chi connectivity index (χ1v) is 5.11. The van der Waals surface area contributed by atoms with Gasteiger partial charge in [0.15, 0.2) is 0 Å². The zero-order valence-corrected chi connectivity index (χ0v) is 8.55. The predicted octanol–water partition coefficient (Wildman–Crippen LogP) is 1.07. The van der Waals surface area contributed by atoms with E-state index in [1.807, 2.05) is 6.07 Å². The zero-order valence-electron chi connectivity index (χ0n) is 8.55. The minimum absolute atomic E-state index is 0.0417. The topological polar surface area (TPSA) is 49.9 Å². The summed E-state index contributed by atoms with van der Waals surface area (Å²) in [4.78, 5) is 0. The van der Waals surface area contributed by atoms with Crippen molar-refractivity contribution < 1.29 is 4.74 Å². The number of ether oxygens (including phenoxy) is 1. The average molecular weight is 195 g/mol. The van der Waals surface area contributed by atoms with Crippen LogP contribution in [0, 0.1) is 0 Å². The van der Waals surface area contributed by atoms with Crippen molar-refractivity contribution in [2.24, 2.45) is 0 Å². The van der Waals surface area contributed by atoms with Crippen LogP contribution in [0.2, 0.25) is 0 Å². The lowest BCUT2D eigenvalue weighted by molar-refractivity contribution is 0.0206. The number of hydrogen-bond donors (Lipinski definition) is 2. The minimum Gasteiger partial charge on any atom is -0.374 e. The van der Waals surface area contributed by atoms with Crippen LogP contribution in [-0.2, 0) is 11.3 Å². The fourth-order valence-corrected chi connectivity index (χ4v) is 1.82. The SMILES string of the molecule is CC1(CNCc2ccn[nH]2)CCCO1. The summed E-state index contributed by atoms with van der Waals surface area (Å²) in [5.74, 6) is 0. The Labute approximate surface area is 84.0 Å². The molecule has 14 heavy (non-hydrogen) atoms. The second-order valence-corrected chi connectivity index (χ2v) is 4.09. The third-order valence-electron chi connectivity index (χ3n) is 2.67. The van der Waals surface area contributed by atoms with E-state index in [1.54, 1.807) is 6.20 Å². The van der Waals surface area contributed by atoms with E-state index in [1.165, 1.54) is 6.42 Å². The predicted molar refractivity (Wildman–Crippen MR) is 53.9 cm³/mol. The summed E-state index contributed by atoms with van der Waals surface area (Å²) in [7, 11) is 0. The second kappa shape index (κ2) is 4.11. The summed E-state index contributed by atoms with van der Waals surface area (Å²) in [5.41, 5.74) is 1.16. The van der Waals surface area contributed by atoms with Gasteiger partial charge in [-0.1, -0.05) is 0 Å². The Morgan fingerprint density at radius 1 is 1.71 bits per heavy atom. The minimum atomic E-state index is 0.0417. The van der Waals surface area contributed by atoms with Gasteiger partial charge in [-0.2, -0.15) is 5.10 Å². The fraction of sp³-hybridized carbons (Fsp3) is 0.700. The number of nitrogens with zero attached hydrogens (tertiary/aromatic N) is 1. The molecule has 1 aromatic heterocycles. The van der Waals surface area contributed by atoms with Gasteiger partial charge in [-0.15, -0.1) is 0 Å². The third kappa shape index (κ3) is 2.33. The molecule has 0 radical (unpaired) electrons. The van der Waals surface area contributed by atoms with E-state index in [-0.39, 0.29) is 5.60 Å². The molecule has 4 nitrogen and oxygen atoms in total. The van der Waals surface area contributed by atoms with Gasteiger partial charge in [0.05, 0.1) is 5.60 Å². The summed E-state index contributed by atoms with van der Waals surface area (Å²) in [6.45, 7) is 4.81. The molecule has 1 aliphatic heterocycles. The molecule has 1 aromatic rings. The molecule has 0 aromatic carbocycles. The molecule has 0 saturated carbocycles. The highest BCUT2D eigenvalue weighted by Gasteiger charge is 2.28. The lowest BCUT2D eigenvalue weighted by Gasteiger charge is -2.23. The second-order valence-electron chi connectivity index (χ2n) is 4.09. The Kier molecular flexibility index (Phi) is 2.84. The van der Waals surface area contributed by atoms with E-state index in [4.69, 9.17) is 4.74 Å². The van der Waals surface area contributed by atoms with Crippen molar-refractivity contribution in [3.8, 4) is 0 Å². The van der Waals surface area contributed by atoms with Gasteiger partial charge >= 0.3 is 0 Å². The Morgan fingerprint density at radius 2 is 2.64 bits per heavy atom. The van der Waals surface area contributed by atoms with Crippen LogP contribution in [0.5, 0.6) is 0 Å². The van der Waals surface area contributed by atoms with Gasteiger partial charge in [0.25, 0.3) is 0 Å². The molecule has 78 valence electrons. The van der Waals surface area contributed by atoms with Crippen LogP contribution in [0.3, 0.4) is 0 Å². The number of hydrogen-bond acceptors (Lipinski definition) is 3. The maximum atomic E-state index is 5.67. The summed E-state index contributed by atoms with van der Waals surface area (Å²) < 4.78 is 5.67. The van der Waals surface area contributed by atoms with Gasteiger partial charge in [-0.05, 0) is 25.8 Å². The van der Waals surface area contributed by atoms with E-state index < -0.39 is 0 Å². The molecule has 1 fully saturated rings. The molecule has 0 spiro atoms. The van der Waals surface area contributed by atoms with Gasteiger partial charge in [0.1, 0.15) is 0 Å². The van der Waals surface area contributed by atoms with Gasteiger partial charge in [0, 0.05) is 31.6 Å². The highest BCUT2D eigenvalue weighted by molar-refractivity contribution is 4.97. The molecule has 0 aliphatic carbocycles. The Bertz CT molecular complexity index is 265. The molecule has 4 heteroatoms. The lowest BCUT2D eigenvalue weighted by atomic mass is 10.0. The fourth-order valence-electron chi connectivity index (χ4n) is 1.82. The highest BCUT2D eigenvalue weighted by atomic mass is 16.5. The maximum Gasteiger partial charge on any atom is 0.0779 e. The van der Waals surface area contributed by atoms with Crippen molar-refractivity contribution in [1.29, 1.82) is 0 Å². The first kappa shape index (κ1) is 9.68. The third-order valence-corrected chi connectivity index (χ3v) is 2.67. The largest absolute Gasteiger partial charge is 0.374 e. The molecule has 2 N–H and O–H groups in total. The number of nitrogens with one attached hydrogen (secondary N) is 2. The molecule has 2 rings (SSSR count). The standard InChI is InChI=1S/C10H17N3O/c1-10(4-2-6-14-10)8-11-7-9-3-5-12-13-9/h3,5,11H,2,4,6-8H2,1H3,(H,12,13). The van der Waals surface area contributed by atoms with Gasteiger partial charge in [-0.25, -0.2) is 0 Å². The lowest BCUT2D eigenvalue weighted by Crippen LogP contribution is -2.36. The molecular formula is C10H17N3O. The number of aromatic amines is 1. The highest BCUT2D eigenvalue weighted by Crippen LogP contribution is 2.23. The van der Waals surface area contributed by atoms with Crippen molar-refractivity contribution in [2.45, 2.75) is 31.9 Å². The van der Waals surface area contributed by atoms with E-state index in [0.29, 0.717) is 0 Å². The van der Waals surface area contributed by atoms with Crippen LogP contribution in [-0.4, -0.2) is 29.0 Å². The first-order valence-electron chi connectivity index (χ1n) is 5.11. The van der Waals surface area contributed by atoms with Crippen LogP contribution in [0.1, 0.15) is 25.5 Å². The van der Waals surface area contributed by atoms with E-state index in [2.05, 4.69) is 22.4 Å². The van der Waals surface area contributed by atoms with Gasteiger partial charge in [-0.3, -0.25) is 5.10 Å². The normalized spacial score (nSPS) is 26.9. The Balaban J connectivity index is 1.72. The van der Waals surface area contributed by atoms with Crippen molar-refractivity contribution in [3.63, 3.8) is 0 Å². The summed E-state index contributed by atoms with van der Waals surface area (Å²) in [6.07, 6.45) is 4.11. The number of H-pyrrole nitrogens is 1. The molecule has 1 unspecified atom stereocenters. The molecule has 0 amide bonds. The average Bonchev–Trinajstić information content (AvgIpc) is 2.77. The smallest absolute Gasteiger partial charge is 0.0779 e. The quantitative estimate of drug-likeness (QED) is 0.755. The molecule has 2 heterocycles. The molecular weight excluding hydrogens is 178 g/mol. The molecule has 1 saturated heterocycles. The van der Waals surface area contributed by atoms with Crippen molar-refractivity contribution in [3.05, 3.63) is 18.0 Å². The number of aromatic nitrogens is 2. The van der Waals surface area contributed by atoms with Crippen LogP contribution in [0.4, 0.5) is 0 Å². The summed E-state index contributed by atoms with van der Waals surface area (Å²) in [6, 6.07) is 1.98. The van der Waals surface area contributed by atoms with E-state index in [9.17, 15) is 0 Å². The zero-order chi connectivity index (χ0) is 9.86. The Morgan fingerprint density at radius 3 is 3.29 bits per heavy atom. The van der Waals surface area contributed by atoms with Crippen LogP contribution in [0.25, 0.3) is 0 Å². The maximum absolute atomic E-state index is 5.67.